The van der Waals surface area contributed by atoms with Crippen LogP contribution in [0.25, 0.3) is 0 Å². The third kappa shape index (κ3) is 7.27. The van der Waals surface area contributed by atoms with E-state index in [9.17, 15) is 28.9 Å². The van der Waals surface area contributed by atoms with Crippen LogP contribution in [0.2, 0.25) is 0 Å². The second kappa shape index (κ2) is 11.0. The van der Waals surface area contributed by atoms with Crippen molar-refractivity contribution in [1.82, 2.24) is 10.3 Å². The SMILES string of the molecule is CC(=O)OC[C@H]1OC(OC(C)=O)[C@H](NC(=O)N(C)N=O)[C@@H](OC(C)=O)[C@H]1OC(C)=O. The molecule has 0 aromatic carbocycles. The molecule has 30 heavy (non-hydrogen) atoms. The third-order valence-corrected chi connectivity index (χ3v) is 3.69. The van der Waals surface area contributed by atoms with Gasteiger partial charge in [0.15, 0.2) is 12.2 Å². The highest BCUT2D eigenvalue weighted by atomic mass is 16.7. The Kier molecular flexibility index (Phi) is 9.11. The number of urea groups is 1. The molecule has 0 saturated carbocycles. The van der Waals surface area contributed by atoms with Gasteiger partial charge in [0.25, 0.3) is 0 Å². The second-order valence-electron chi connectivity index (χ2n) is 6.18. The molecule has 1 aliphatic rings. The van der Waals surface area contributed by atoms with Gasteiger partial charge in [-0.2, -0.15) is 5.01 Å². The molecule has 0 radical (unpaired) electrons. The number of carbonyl (C=O) groups excluding carboxylic acids is 5. The van der Waals surface area contributed by atoms with Gasteiger partial charge in [-0.3, -0.25) is 19.2 Å². The Hall–Kier alpha value is -3.29. The fraction of sp³-hybridized carbons (Fsp3) is 0.688. The molecule has 0 aliphatic carbocycles. The first-order chi connectivity index (χ1) is 14.0. The molecular formula is C16H23N3O11. The first-order valence-electron chi connectivity index (χ1n) is 8.64. The van der Waals surface area contributed by atoms with Crippen molar-refractivity contribution in [3.63, 3.8) is 0 Å². The van der Waals surface area contributed by atoms with Gasteiger partial charge in [0.05, 0.1) is 5.29 Å². The predicted molar refractivity (Wildman–Crippen MR) is 94.0 cm³/mol. The van der Waals surface area contributed by atoms with Gasteiger partial charge in [-0.1, -0.05) is 0 Å². The maximum absolute atomic E-state index is 12.1. The van der Waals surface area contributed by atoms with Crippen LogP contribution in [0, 0.1) is 4.91 Å². The van der Waals surface area contributed by atoms with Crippen LogP contribution in [0.15, 0.2) is 5.29 Å². The molecule has 14 heteroatoms. The van der Waals surface area contributed by atoms with E-state index in [4.69, 9.17) is 23.7 Å². The molecular weight excluding hydrogens is 410 g/mol. The first kappa shape index (κ1) is 24.7. The van der Waals surface area contributed by atoms with Gasteiger partial charge < -0.3 is 29.0 Å². The Morgan fingerprint density at radius 1 is 0.900 bits per heavy atom. The standard InChI is InChI=1S/C16H23N3O11/c1-7(20)26-6-11-13(27-8(2)21)14(28-9(3)22)12(15(30-11)29-10(4)23)17-16(24)19(5)18-25/h11-15H,6H2,1-5H3,(H,17,24)/t11-,12-,13+,14-,15?/m1/s1. The van der Waals surface area contributed by atoms with Gasteiger partial charge in [0.1, 0.15) is 18.8 Å². The van der Waals surface area contributed by atoms with Gasteiger partial charge in [0.2, 0.25) is 6.29 Å². The highest BCUT2D eigenvalue weighted by molar-refractivity contribution is 5.74. The smallest absolute Gasteiger partial charge is 0.340 e. The Labute approximate surface area is 171 Å². The molecule has 2 amide bonds. The lowest BCUT2D eigenvalue weighted by atomic mass is 9.96. The number of nitrogens with zero attached hydrogens (tertiary/aromatic N) is 2. The summed E-state index contributed by atoms with van der Waals surface area (Å²) in [5.74, 6) is -3.12. The van der Waals surface area contributed by atoms with E-state index in [-0.39, 0.29) is 0 Å². The van der Waals surface area contributed by atoms with Crippen LogP contribution in [0.5, 0.6) is 0 Å². The average Bonchev–Trinajstić information content (AvgIpc) is 2.62. The zero-order valence-electron chi connectivity index (χ0n) is 17.0. The molecule has 1 heterocycles. The number of amides is 2. The fourth-order valence-electron chi connectivity index (χ4n) is 2.59. The van der Waals surface area contributed by atoms with Crippen LogP contribution < -0.4 is 5.32 Å². The van der Waals surface area contributed by atoms with Gasteiger partial charge in [-0.15, -0.1) is 4.91 Å². The number of carbonyl (C=O) groups is 5. The predicted octanol–water partition coefficient (Wildman–Crippen LogP) is -0.608. The summed E-state index contributed by atoms with van der Waals surface area (Å²) in [6.45, 7) is 3.87. The molecule has 1 unspecified atom stereocenters. The zero-order valence-corrected chi connectivity index (χ0v) is 17.0. The summed E-state index contributed by atoms with van der Waals surface area (Å²) in [7, 11) is 1.04. The number of hydrogen-bond donors (Lipinski definition) is 1. The van der Waals surface area contributed by atoms with Crippen molar-refractivity contribution in [1.29, 1.82) is 0 Å². The van der Waals surface area contributed by atoms with E-state index in [1.54, 1.807) is 0 Å². The highest BCUT2D eigenvalue weighted by Gasteiger charge is 2.52. The number of ether oxygens (including phenoxy) is 5. The van der Waals surface area contributed by atoms with Crippen LogP contribution in [-0.2, 0) is 42.9 Å². The lowest BCUT2D eigenvalue weighted by molar-refractivity contribution is -0.270. The zero-order chi connectivity index (χ0) is 23.0. The van der Waals surface area contributed by atoms with Gasteiger partial charge in [-0.25, -0.2) is 4.79 Å². The monoisotopic (exact) mass is 433 g/mol. The number of rotatable bonds is 7. The van der Waals surface area contributed by atoms with Crippen LogP contribution in [0.1, 0.15) is 27.7 Å². The summed E-state index contributed by atoms with van der Waals surface area (Å²) in [5.41, 5.74) is 0. The first-order valence-corrected chi connectivity index (χ1v) is 8.64. The molecule has 1 fully saturated rings. The van der Waals surface area contributed by atoms with Crippen molar-refractivity contribution < 1.29 is 47.7 Å². The fourth-order valence-corrected chi connectivity index (χ4v) is 2.59. The maximum atomic E-state index is 12.1. The maximum Gasteiger partial charge on any atom is 0.340 e. The summed E-state index contributed by atoms with van der Waals surface area (Å²) in [6, 6.07) is -2.46. The molecule has 0 spiro atoms. The van der Waals surface area contributed by atoms with Crippen LogP contribution in [0.3, 0.4) is 0 Å². The minimum atomic E-state index is -1.55. The molecule has 1 saturated heterocycles. The van der Waals surface area contributed by atoms with Crippen molar-refractivity contribution in [3.8, 4) is 0 Å². The minimum Gasteiger partial charge on any atom is -0.463 e. The van der Waals surface area contributed by atoms with E-state index < -0.39 is 67.2 Å². The van der Waals surface area contributed by atoms with E-state index in [1.807, 2.05) is 0 Å². The molecule has 0 bridgehead atoms. The van der Waals surface area contributed by atoms with Gasteiger partial charge in [0, 0.05) is 34.7 Å². The quantitative estimate of drug-likeness (QED) is 0.234. The summed E-state index contributed by atoms with van der Waals surface area (Å²) in [4.78, 5) is 68.7. The molecule has 0 aromatic heterocycles. The summed E-state index contributed by atoms with van der Waals surface area (Å²) < 4.78 is 25.9. The molecule has 0 aromatic rings. The van der Waals surface area contributed by atoms with Crippen LogP contribution in [-0.4, -0.2) is 79.2 Å². The number of hydrogen-bond acceptors (Lipinski definition) is 12. The third-order valence-electron chi connectivity index (χ3n) is 3.69. The highest BCUT2D eigenvalue weighted by Crippen LogP contribution is 2.28. The van der Waals surface area contributed by atoms with Crippen molar-refractivity contribution >= 4 is 29.9 Å². The van der Waals surface area contributed by atoms with E-state index in [1.165, 1.54) is 0 Å². The van der Waals surface area contributed by atoms with Crippen molar-refractivity contribution in [2.24, 2.45) is 5.29 Å². The number of esters is 4. The van der Waals surface area contributed by atoms with E-state index in [0.29, 0.717) is 5.01 Å². The summed E-state index contributed by atoms with van der Waals surface area (Å²) >= 11 is 0. The molecule has 1 N–H and O–H groups in total. The molecule has 14 nitrogen and oxygen atoms in total. The van der Waals surface area contributed by atoms with E-state index in [2.05, 4.69) is 10.6 Å². The van der Waals surface area contributed by atoms with Crippen LogP contribution in [0.4, 0.5) is 4.79 Å². The average molecular weight is 433 g/mol. The number of nitroso groups, excluding NO2 is 1. The van der Waals surface area contributed by atoms with Crippen molar-refractivity contribution in [2.45, 2.75) is 58.3 Å². The molecule has 1 rings (SSSR count). The topological polar surface area (TPSA) is 176 Å². The normalized spacial score (nSPS) is 25.3. The van der Waals surface area contributed by atoms with Gasteiger partial charge >= 0.3 is 29.9 Å². The van der Waals surface area contributed by atoms with E-state index in [0.717, 1.165) is 34.7 Å². The Bertz CT molecular complexity index is 698. The van der Waals surface area contributed by atoms with E-state index >= 15 is 0 Å². The Balaban J connectivity index is 3.37. The van der Waals surface area contributed by atoms with Crippen molar-refractivity contribution in [2.75, 3.05) is 13.7 Å². The van der Waals surface area contributed by atoms with Crippen LogP contribution >= 0.6 is 0 Å². The minimum absolute atomic E-state index is 0.390. The Morgan fingerprint density at radius 2 is 1.43 bits per heavy atom. The number of nitrogens with one attached hydrogen (secondary N) is 1. The summed E-state index contributed by atoms with van der Waals surface area (Å²) in [6.07, 6.45) is -5.57. The van der Waals surface area contributed by atoms with Crippen molar-refractivity contribution in [3.05, 3.63) is 4.91 Å². The molecule has 168 valence electrons. The second-order valence-corrected chi connectivity index (χ2v) is 6.18. The summed E-state index contributed by atoms with van der Waals surface area (Å²) in [5, 5.41) is 5.10. The largest absolute Gasteiger partial charge is 0.463 e. The lowest BCUT2D eigenvalue weighted by Gasteiger charge is -2.44. The van der Waals surface area contributed by atoms with Gasteiger partial charge in [-0.05, 0) is 0 Å². The Morgan fingerprint density at radius 3 is 1.90 bits per heavy atom. The lowest BCUT2D eigenvalue weighted by Crippen LogP contribution is -2.67. The molecule has 5 atom stereocenters. The molecule has 1 aliphatic heterocycles.